The number of hydrogen-bond donors (Lipinski definition) is 2. The summed E-state index contributed by atoms with van der Waals surface area (Å²) in [4.78, 5) is 17.0. The van der Waals surface area contributed by atoms with E-state index < -0.39 is 15.9 Å². The molecule has 0 spiro atoms. The van der Waals surface area contributed by atoms with E-state index in [4.69, 9.17) is 0 Å². The largest absolute Gasteiger partial charge is 0.381 e. The summed E-state index contributed by atoms with van der Waals surface area (Å²) < 4.78 is 27.0. The normalized spacial score (nSPS) is 14.3. The molecule has 0 saturated carbocycles. The molecule has 0 radical (unpaired) electrons. The molecule has 3 aromatic rings. The third-order valence-electron chi connectivity index (χ3n) is 5.13. The molecule has 0 unspecified atom stereocenters. The van der Waals surface area contributed by atoms with Crippen molar-refractivity contribution in [3.8, 4) is 0 Å². The van der Waals surface area contributed by atoms with Gasteiger partial charge in [0.05, 0.1) is 4.90 Å². The molecule has 1 saturated heterocycles. The van der Waals surface area contributed by atoms with Gasteiger partial charge >= 0.3 is 0 Å². The van der Waals surface area contributed by atoms with Gasteiger partial charge in [-0.15, -0.1) is 0 Å². The SMILES string of the molecule is O=C(Nc1cccc(S(=O)(=O)N2CCCC2)c1)c1cc(NCc2ccccc2)ccn1. The first kappa shape index (κ1) is 21.0. The molecule has 0 atom stereocenters. The van der Waals surface area contributed by atoms with E-state index in [0.29, 0.717) is 25.3 Å². The Morgan fingerprint density at radius 3 is 2.48 bits per heavy atom. The molecular formula is C23H24N4O3S. The van der Waals surface area contributed by atoms with Crippen LogP contribution in [0.15, 0.2) is 77.8 Å². The quantitative estimate of drug-likeness (QED) is 0.589. The maximum absolute atomic E-state index is 12.8. The van der Waals surface area contributed by atoms with Crippen molar-refractivity contribution in [3.05, 3.63) is 84.2 Å². The molecule has 1 amide bonds. The van der Waals surface area contributed by atoms with Gasteiger partial charge in [-0.2, -0.15) is 4.31 Å². The average molecular weight is 437 g/mol. The highest BCUT2D eigenvalue weighted by Crippen LogP contribution is 2.23. The third-order valence-corrected chi connectivity index (χ3v) is 7.02. The molecule has 0 aliphatic carbocycles. The zero-order valence-electron chi connectivity index (χ0n) is 17.0. The minimum atomic E-state index is -3.55. The van der Waals surface area contributed by atoms with Gasteiger partial charge in [-0.05, 0) is 48.7 Å². The predicted octanol–water partition coefficient (Wildman–Crippen LogP) is 3.73. The van der Waals surface area contributed by atoms with Crippen LogP contribution in [-0.2, 0) is 16.6 Å². The summed E-state index contributed by atoms with van der Waals surface area (Å²) in [5, 5.41) is 6.03. The number of carbonyl (C=O) groups excluding carboxylic acids is 1. The number of nitrogens with one attached hydrogen (secondary N) is 2. The Morgan fingerprint density at radius 1 is 0.935 bits per heavy atom. The summed E-state index contributed by atoms with van der Waals surface area (Å²) in [5.74, 6) is -0.404. The first-order valence-corrected chi connectivity index (χ1v) is 11.6. The van der Waals surface area contributed by atoms with Gasteiger partial charge in [-0.1, -0.05) is 36.4 Å². The van der Waals surface area contributed by atoms with Crippen molar-refractivity contribution in [2.45, 2.75) is 24.3 Å². The molecule has 1 aliphatic heterocycles. The number of carbonyl (C=O) groups is 1. The number of benzene rings is 2. The molecule has 1 aliphatic rings. The lowest BCUT2D eigenvalue weighted by molar-refractivity contribution is 0.102. The lowest BCUT2D eigenvalue weighted by Gasteiger charge is -2.16. The second kappa shape index (κ2) is 9.28. The van der Waals surface area contributed by atoms with Crippen LogP contribution < -0.4 is 10.6 Å². The molecule has 4 rings (SSSR count). The standard InChI is InChI=1S/C23H24N4O3S/c28-23(22-16-19(11-12-24-22)25-17-18-7-2-1-3-8-18)26-20-9-6-10-21(15-20)31(29,30)27-13-4-5-14-27/h1-3,6-12,15-16H,4-5,13-14,17H2,(H,24,25)(H,26,28). The van der Waals surface area contributed by atoms with Crippen LogP contribution in [0.5, 0.6) is 0 Å². The van der Waals surface area contributed by atoms with Crippen molar-refractivity contribution in [2.75, 3.05) is 23.7 Å². The summed E-state index contributed by atoms with van der Waals surface area (Å²) in [5.41, 5.74) is 2.55. The van der Waals surface area contributed by atoms with Crippen LogP contribution >= 0.6 is 0 Å². The molecule has 31 heavy (non-hydrogen) atoms. The van der Waals surface area contributed by atoms with Crippen LogP contribution in [-0.4, -0.2) is 36.7 Å². The van der Waals surface area contributed by atoms with Crippen molar-refractivity contribution < 1.29 is 13.2 Å². The first-order chi connectivity index (χ1) is 15.0. The highest BCUT2D eigenvalue weighted by atomic mass is 32.2. The number of rotatable bonds is 7. The number of aromatic nitrogens is 1. The Kier molecular flexibility index (Phi) is 6.29. The number of nitrogens with zero attached hydrogens (tertiary/aromatic N) is 2. The summed E-state index contributed by atoms with van der Waals surface area (Å²) in [7, 11) is -3.55. The molecule has 1 aromatic heterocycles. The second-order valence-electron chi connectivity index (χ2n) is 7.36. The van der Waals surface area contributed by atoms with Crippen LogP contribution in [0.4, 0.5) is 11.4 Å². The topological polar surface area (TPSA) is 91.4 Å². The second-order valence-corrected chi connectivity index (χ2v) is 9.30. The van der Waals surface area contributed by atoms with Crippen molar-refractivity contribution in [3.63, 3.8) is 0 Å². The average Bonchev–Trinajstić information content (AvgIpc) is 3.35. The monoisotopic (exact) mass is 436 g/mol. The van der Waals surface area contributed by atoms with Gasteiger partial charge in [0.15, 0.2) is 0 Å². The Balaban J connectivity index is 1.45. The Bertz CT molecular complexity index is 1160. The fourth-order valence-electron chi connectivity index (χ4n) is 3.47. The summed E-state index contributed by atoms with van der Waals surface area (Å²) >= 11 is 0. The number of amides is 1. The lowest BCUT2D eigenvalue weighted by atomic mass is 10.2. The van der Waals surface area contributed by atoms with Gasteiger partial charge < -0.3 is 10.6 Å². The zero-order chi connectivity index (χ0) is 21.7. The van der Waals surface area contributed by atoms with Crippen LogP contribution in [0, 0.1) is 0 Å². The molecule has 8 heteroatoms. The van der Waals surface area contributed by atoms with Crippen LogP contribution in [0.3, 0.4) is 0 Å². The summed E-state index contributed by atoms with van der Waals surface area (Å²) in [6, 6.07) is 19.7. The Labute approximate surface area is 182 Å². The summed E-state index contributed by atoms with van der Waals surface area (Å²) in [6.07, 6.45) is 3.31. The number of sulfonamides is 1. The number of pyridine rings is 1. The third kappa shape index (κ3) is 5.10. The fraction of sp³-hybridized carbons (Fsp3) is 0.217. The highest BCUT2D eigenvalue weighted by Gasteiger charge is 2.27. The van der Waals surface area contributed by atoms with Crippen LogP contribution in [0.1, 0.15) is 28.9 Å². The first-order valence-electron chi connectivity index (χ1n) is 10.2. The zero-order valence-corrected chi connectivity index (χ0v) is 17.8. The van der Waals surface area contributed by atoms with E-state index in [1.807, 2.05) is 30.3 Å². The Hall–Kier alpha value is -3.23. The van der Waals surface area contributed by atoms with E-state index >= 15 is 0 Å². The van der Waals surface area contributed by atoms with Crippen molar-refractivity contribution >= 4 is 27.3 Å². The van der Waals surface area contributed by atoms with Gasteiger partial charge in [0, 0.05) is 37.2 Å². The van der Waals surface area contributed by atoms with E-state index in [9.17, 15) is 13.2 Å². The Morgan fingerprint density at radius 2 is 1.71 bits per heavy atom. The maximum atomic E-state index is 12.8. The molecule has 2 heterocycles. The predicted molar refractivity (Wildman–Crippen MR) is 120 cm³/mol. The van der Waals surface area contributed by atoms with Gasteiger partial charge in [-0.3, -0.25) is 9.78 Å². The van der Waals surface area contributed by atoms with Gasteiger partial charge in [0.25, 0.3) is 5.91 Å². The van der Waals surface area contributed by atoms with Gasteiger partial charge in [0.2, 0.25) is 10.0 Å². The number of anilines is 2. The lowest BCUT2D eigenvalue weighted by Crippen LogP contribution is -2.27. The fourth-order valence-corrected chi connectivity index (χ4v) is 5.04. The molecular weight excluding hydrogens is 412 g/mol. The smallest absolute Gasteiger partial charge is 0.274 e. The number of hydrogen-bond acceptors (Lipinski definition) is 5. The van der Waals surface area contributed by atoms with E-state index in [-0.39, 0.29) is 10.6 Å². The minimum absolute atomic E-state index is 0.179. The molecule has 2 N–H and O–H groups in total. The summed E-state index contributed by atoms with van der Waals surface area (Å²) in [6.45, 7) is 1.69. The van der Waals surface area contributed by atoms with E-state index in [2.05, 4.69) is 15.6 Å². The van der Waals surface area contributed by atoms with Crippen molar-refractivity contribution in [1.29, 1.82) is 0 Å². The van der Waals surface area contributed by atoms with Crippen molar-refractivity contribution in [2.24, 2.45) is 0 Å². The molecule has 160 valence electrons. The highest BCUT2D eigenvalue weighted by molar-refractivity contribution is 7.89. The van der Waals surface area contributed by atoms with E-state index in [1.54, 1.807) is 36.5 Å². The van der Waals surface area contributed by atoms with Crippen LogP contribution in [0.25, 0.3) is 0 Å². The molecule has 0 bridgehead atoms. The maximum Gasteiger partial charge on any atom is 0.274 e. The molecule has 2 aromatic carbocycles. The van der Waals surface area contributed by atoms with Crippen LogP contribution in [0.2, 0.25) is 0 Å². The molecule has 1 fully saturated rings. The van der Waals surface area contributed by atoms with E-state index in [0.717, 1.165) is 24.1 Å². The van der Waals surface area contributed by atoms with Gasteiger partial charge in [-0.25, -0.2) is 8.42 Å². The minimum Gasteiger partial charge on any atom is -0.381 e. The van der Waals surface area contributed by atoms with E-state index in [1.165, 1.54) is 10.4 Å². The van der Waals surface area contributed by atoms with Crippen molar-refractivity contribution in [1.82, 2.24) is 9.29 Å². The molecule has 7 nitrogen and oxygen atoms in total. The van der Waals surface area contributed by atoms with Gasteiger partial charge in [0.1, 0.15) is 5.69 Å².